The van der Waals surface area contributed by atoms with Gasteiger partial charge in [-0.05, 0) is 36.8 Å². The van der Waals surface area contributed by atoms with Crippen LogP contribution in [-0.2, 0) is 16.8 Å². The summed E-state index contributed by atoms with van der Waals surface area (Å²) in [7, 11) is 0. The van der Waals surface area contributed by atoms with Crippen molar-refractivity contribution in [2.75, 3.05) is 6.54 Å². The van der Waals surface area contributed by atoms with Gasteiger partial charge in [0.15, 0.2) is 0 Å². The van der Waals surface area contributed by atoms with E-state index in [1.807, 2.05) is 0 Å². The largest absolute Gasteiger partial charge is 0.466 e. The molecule has 23 heavy (non-hydrogen) atoms. The van der Waals surface area contributed by atoms with Crippen LogP contribution in [0.15, 0.2) is 47.1 Å². The molecule has 0 aliphatic carbocycles. The molecule has 124 valence electrons. The predicted molar refractivity (Wildman–Crippen MR) is 78.1 cm³/mol. The van der Waals surface area contributed by atoms with Crippen molar-refractivity contribution in [2.45, 2.75) is 25.6 Å². The Labute approximate surface area is 131 Å². The van der Waals surface area contributed by atoms with E-state index in [4.69, 9.17) is 4.42 Å². The van der Waals surface area contributed by atoms with E-state index in [9.17, 15) is 18.7 Å². The van der Waals surface area contributed by atoms with Crippen LogP contribution in [0.4, 0.5) is 8.78 Å². The van der Waals surface area contributed by atoms with Gasteiger partial charge in [-0.25, -0.2) is 0 Å². The smallest absolute Gasteiger partial charge is 0.387 e. The summed E-state index contributed by atoms with van der Waals surface area (Å²) in [6.45, 7) is -1.36. The highest BCUT2D eigenvalue weighted by Crippen LogP contribution is 2.20. The highest BCUT2D eigenvalue weighted by atomic mass is 19.3. The number of hydrogen-bond acceptors (Lipinski definition) is 4. The van der Waals surface area contributed by atoms with Crippen LogP contribution in [0, 0.1) is 0 Å². The molecule has 5 nitrogen and oxygen atoms in total. The van der Waals surface area contributed by atoms with Crippen LogP contribution >= 0.6 is 0 Å². The molecule has 0 radical (unpaired) electrons. The second-order valence-electron chi connectivity index (χ2n) is 5.23. The zero-order valence-corrected chi connectivity index (χ0v) is 12.5. The minimum atomic E-state index is -2.88. The van der Waals surface area contributed by atoms with E-state index in [2.05, 4.69) is 10.1 Å². The van der Waals surface area contributed by atoms with Gasteiger partial charge in [-0.2, -0.15) is 8.78 Å². The van der Waals surface area contributed by atoms with E-state index in [0.29, 0.717) is 11.3 Å². The SMILES string of the molecule is CC(O)(CNC(=O)Cc1ccc(OC(F)F)cc1)c1ccco1. The number of alkyl halides is 2. The third kappa shape index (κ3) is 5.07. The number of nitrogens with one attached hydrogen (secondary N) is 1. The lowest BCUT2D eigenvalue weighted by atomic mass is 10.0. The van der Waals surface area contributed by atoms with Crippen molar-refractivity contribution in [1.82, 2.24) is 5.32 Å². The van der Waals surface area contributed by atoms with Crippen LogP contribution in [0.1, 0.15) is 18.2 Å². The predicted octanol–water partition coefficient (Wildman–Crippen LogP) is 2.45. The molecule has 0 saturated carbocycles. The Morgan fingerprint density at radius 1 is 1.35 bits per heavy atom. The highest BCUT2D eigenvalue weighted by Gasteiger charge is 2.26. The molecule has 1 aromatic heterocycles. The Morgan fingerprint density at radius 2 is 2.04 bits per heavy atom. The van der Waals surface area contributed by atoms with Crippen molar-refractivity contribution in [1.29, 1.82) is 0 Å². The zero-order valence-electron chi connectivity index (χ0n) is 12.5. The maximum Gasteiger partial charge on any atom is 0.387 e. The van der Waals surface area contributed by atoms with Crippen LogP contribution in [0.3, 0.4) is 0 Å². The molecule has 1 unspecified atom stereocenters. The normalized spacial score (nSPS) is 13.6. The van der Waals surface area contributed by atoms with Crippen molar-refractivity contribution in [3.63, 3.8) is 0 Å². The van der Waals surface area contributed by atoms with E-state index in [1.54, 1.807) is 12.1 Å². The Morgan fingerprint density at radius 3 is 2.61 bits per heavy atom. The number of halogens is 2. The first kappa shape index (κ1) is 17.0. The van der Waals surface area contributed by atoms with Crippen LogP contribution < -0.4 is 10.1 Å². The van der Waals surface area contributed by atoms with Crippen molar-refractivity contribution in [3.05, 3.63) is 54.0 Å². The topological polar surface area (TPSA) is 71.7 Å². The molecular weight excluding hydrogens is 308 g/mol. The standard InChI is InChI=1S/C16H17F2NO4/c1-16(21,13-3-2-8-22-13)10-19-14(20)9-11-4-6-12(7-5-11)23-15(17)18/h2-8,15,21H,9-10H2,1H3,(H,19,20). The fourth-order valence-corrected chi connectivity index (χ4v) is 1.98. The maximum atomic E-state index is 12.0. The number of aliphatic hydroxyl groups is 1. The number of hydrogen-bond donors (Lipinski definition) is 2. The first-order chi connectivity index (χ1) is 10.9. The summed E-state index contributed by atoms with van der Waals surface area (Å²) in [6.07, 6.45) is 1.50. The minimum Gasteiger partial charge on any atom is -0.466 e. The number of furan rings is 1. The summed E-state index contributed by atoms with van der Waals surface area (Å²) < 4.78 is 33.4. The second-order valence-corrected chi connectivity index (χ2v) is 5.23. The molecule has 1 aromatic carbocycles. The van der Waals surface area contributed by atoms with Crippen LogP contribution in [0.2, 0.25) is 0 Å². The summed E-state index contributed by atoms with van der Waals surface area (Å²) in [4.78, 5) is 11.9. The molecule has 0 saturated heterocycles. The van der Waals surface area contributed by atoms with Gasteiger partial charge in [-0.15, -0.1) is 0 Å². The Balaban J connectivity index is 1.85. The number of rotatable bonds is 7. The Bertz CT molecular complexity index is 624. The third-order valence-corrected chi connectivity index (χ3v) is 3.19. The molecule has 0 aliphatic heterocycles. The molecule has 0 fully saturated rings. The van der Waals surface area contributed by atoms with Crippen molar-refractivity contribution < 1.29 is 27.8 Å². The number of carbonyl (C=O) groups excluding carboxylic acids is 1. The number of ether oxygens (including phenoxy) is 1. The molecule has 1 atom stereocenters. The maximum absolute atomic E-state index is 12.0. The quantitative estimate of drug-likeness (QED) is 0.820. The lowest BCUT2D eigenvalue weighted by Crippen LogP contribution is -2.39. The molecule has 0 bridgehead atoms. The van der Waals surface area contributed by atoms with Crippen LogP contribution in [0.25, 0.3) is 0 Å². The molecule has 2 N–H and O–H groups in total. The molecule has 1 heterocycles. The lowest BCUT2D eigenvalue weighted by Gasteiger charge is -2.21. The monoisotopic (exact) mass is 325 g/mol. The van der Waals surface area contributed by atoms with Crippen molar-refractivity contribution in [3.8, 4) is 5.75 Å². The zero-order chi connectivity index (χ0) is 16.9. The summed E-state index contributed by atoms with van der Waals surface area (Å²) in [6, 6.07) is 9.06. The molecule has 1 amide bonds. The number of benzene rings is 1. The van der Waals surface area contributed by atoms with Gasteiger partial charge in [-0.1, -0.05) is 12.1 Å². The van der Waals surface area contributed by atoms with Crippen LogP contribution in [0.5, 0.6) is 5.75 Å². The van der Waals surface area contributed by atoms with Gasteiger partial charge in [0.1, 0.15) is 17.1 Å². The molecule has 2 rings (SSSR count). The minimum absolute atomic E-state index is 0.00801. The number of amides is 1. The molecule has 7 heteroatoms. The van der Waals surface area contributed by atoms with E-state index < -0.39 is 12.2 Å². The average molecular weight is 325 g/mol. The fraction of sp³-hybridized carbons (Fsp3) is 0.312. The van der Waals surface area contributed by atoms with Gasteiger partial charge in [0.05, 0.1) is 19.2 Å². The molecule has 0 aliphatic rings. The first-order valence-electron chi connectivity index (χ1n) is 6.93. The van der Waals surface area contributed by atoms with Gasteiger partial charge in [-0.3, -0.25) is 4.79 Å². The summed E-state index contributed by atoms with van der Waals surface area (Å²) in [5, 5.41) is 12.8. The Hall–Kier alpha value is -2.41. The van der Waals surface area contributed by atoms with Gasteiger partial charge >= 0.3 is 6.61 Å². The van der Waals surface area contributed by atoms with Crippen molar-refractivity contribution >= 4 is 5.91 Å². The van der Waals surface area contributed by atoms with Gasteiger partial charge in [0.25, 0.3) is 0 Å². The van der Waals surface area contributed by atoms with E-state index in [0.717, 1.165) is 0 Å². The van der Waals surface area contributed by atoms with E-state index in [-0.39, 0.29) is 24.6 Å². The van der Waals surface area contributed by atoms with Gasteiger partial charge < -0.3 is 19.6 Å². The van der Waals surface area contributed by atoms with Crippen LogP contribution in [-0.4, -0.2) is 24.2 Å². The molecule has 0 spiro atoms. The lowest BCUT2D eigenvalue weighted by molar-refractivity contribution is -0.121. The Kier molecular flexibility index (Phi) is 5.33. The summed E-state index contributed by atoms with van der Waals surface area (Å²) in [5.74, 6) is 0.0792. The summed E-state index contributed by atoms with van der Waals surface area (Å²) >= 11 is 0. The molecule has 2 aromatic rings. The first-order valence-corrected chi connectivity index (χ1v) is 6.93. The van der Waals surface area contributed by atoms with Gasteiger partial charge in [0.2, 0.25) is 5.91 Å². The van der Waals surface area contributed by atoms with Gasteiger partial charge in [0, 0.05) is 0 Å². The molecular formula is C16H17F2NO4. The number of carbonyl (C=O) groups is 1. The highest BCUT2D eigenvalue weighted by molar-refractivity contribution is 5.78. The fourth-order valence-electron chi connectivity index (χ4n) is 1.98. The third-order valence-electron chi connectivity index (χ3n) is 3.19. The van der Waals surface area contributed by atoms with E-state index >= 15 is 0 Å². The summed E-state index contributed by atoms with van der Waals surface area (Å²) in [5.41, 5.74) is -0.671. The van der Waals surface area contributed by atoms with E-state index in [1.165, 1.54) is 37.5 Å². The second kappa shape index (κ2) is 7.23. The average Bonchev–Trinajstić information content (AvgIpc) is 3.02. The van der Waals surface area contributed by atoms with Crippen molar-refractivity contribution in [2.24, 2.45) is 0 Å².